The molecule has 0 fully saturated rings. The van der Waals surface area contributed by atoms with Gasteiger partial charge in [0, 0.05) is 20.4 Å². The quantitative estimate of drug-likeness (QED) is 0.505. The molecular weight excluding hydrogens is 394 g/mol. The van der Waals surface area contributed by atoms with E-state index in [-0.39, 0.29) is 84.0 Å². The molecule has 1 rings (SSSR count). The summed E-state index contributed by atoms with van der Waals surface area (Å²) in [5, 5.41) is 0. The molecule has 1 aromatic rings. The van der Waals surface area contributed by atoms with Gasteiger partial charge < -0.3 is 11.1 Å². The fourth-order valence-electron chi connectivity index (χ4n) is 0.676. The summed E-state index contributed by atoms with van der Waals surface area (Å²) in [5.41, 5.74) is 1.16. The molecule has 3 heteroatoms. The van der Waals surface area contributed by atoms with Gasteiger partial charge in [-0.15, -0.1) is 0 Å². The standard InChI is InChI=1S/C9H11N.Rb.Re/c1-9(2,3)8-6-4-5-7-10-8;;/h5-6H,1-3H3;;/q-2;+1;. The molecule has 0 saturated heterocycles. The number of aromatic nitrogens is 1. The van der Waals surface area contributed by atoms with E-state index in [1.165, 1.54) is 0 Å². The van der Waals surface area contributed by atoms with Gasteiger partial charge in [-0.1, -0.05) is 26.2 Å². The van der Waals surface area contributed by atoms with Crippen LogP contribution in [-0.2, 0) is 25.8 Å². The number of rotatable bonds is 0. The van der Waals surface area contributed by atoms with Crippen molar-refractivity contribution in [2.75, 3.05) is 0 Å². The molecule has 0 amide bonds. The zero-order chi connectivity index (χ0) is 7.61. The second kappa shape index (κ2) is 6.98. The van der Waals surface area contributed by atoms with Gasteiger partial charge in [0.1, 0.15) is 0 Å². The summed E-state index contributed by atoms with van der Waals surface area (Å²) in [6.45, 7) is 6.37. The number of nitrogens with zero attached hydrogens (tertiary/aromatic N) is 1. The summed E-state index contributed by atoms with van der Waals surface area (Å²) in [6.07, 6.45) is 2.76. The van der Waals surface area contributed by atoms with Crippen LogP contribution < -0.4 is 58.2 Å². The Kier molecular flexibility index (Phi) is 9.35. The van der Waals surface area contributed by atoms with Gasteiger partial charge in [0.05, 0.1) is 0 Å². The maximum Gasteiger partial charge on any atom is 1.00 e. The molecule has 0 aliphatic carbocycles. The number of hydrogen-bond donors (Lipinski definition) is 0. The van der Waals surface area contributed by atoms with Crippen molar-refractivity contribution in [3.63, 3.8) is 0 Å². The Labute approximate surface area is 137 Å². The molecule has 0 spiro atoms. The molecule has 1 radical (unpaired) electrons. The Hall–Kier alpha value is 1.62. The Balaban J connectivity index is 0. The predicted octanol–water partition coefficient (Wildman–Crippen LogP) is -1.02. The van der Waals surface area contributed by atoms with Crippen molar-refractivity contribution in [3.05, 3.63) is 30.1 Å². The van der Waals surface area contributed by atoms with Crippen LogP contribution in [0.1, 0.15) is 26.5 Å². The molecule has 0 unspecified atom stereocenters. The maximum atomic E-state index is 4.09. The minimum absolute atomic E-state index is 0. The monoisotopic (exact) mass is 405 g/mol. The molecule has 12 heavy (non-hydrogen) atoms. The first kappa shape index (κ1) is 16.1. The third-order valence-electron chi connectivity index (χ3n) is 1.32. The summed E-state index contributed by atoms with van der Waals surface area (Å²) in [7, 11) is 0. The minimum Gasteiger partial charge on any atom is -0.525 e. The minimum atomic E-state index is 0. The van der Waals surface area contributed by atoms with E-state index in [0.717, 1.165) is 5.69 Å². The number of pyridine rings is 1. The second-order valence-corrected chi connectivity index (χ2v) is 3.33. The molecule has 1 nitrogen and oxygen atoms in total. The van der Waals surface area contributed by atoms with E-state index in [1.807, 2.05) is 6.07 Å². The van der Waals surface area contributed by atoms with E-state index >= 15 is 0 Å². The van der Waals surface area contributed by atoms with Crippen molar-refractivity contribution in [2.24, 2.45) is 0 Å². The van der Waals surface area contributed by atoms with Crippen LogP contribution in [0.4, 0.5) is 0 Å². The molecule has 1 aromatic heterocycles. The topological polar surface area (TPSA) is 12.9 Å². The van der Waals surface area contributed by atoms with Crippen LogP contribution in [0.5, 0.6) is 0 Å². The zero-order valence-electron chi connectivity index (χ0n) is 7.98. The largest absolute Gasteiger partial charge is 1.00 e. The summed E-state index contributed by atoms with van der Waals surface area (Å²) in [6, 6.07) is 6.54. The zero-order valence-corrected chi connectivity index (χ0v) is 15.6. The SMILES string of the molecule is CC(C)(C)c1c[c-]c[c-]n1.[Rb+].[Re]. The predicted molar refractivity (Wildman–Crippen MR) is 40.6 cm³/mol. The van der Waals surface area contributed by atoms with Crippen LogP contribution in [-0.4, -0.2) is 4.98 Å². The third kappa shape index (κ3) is 5.37. The van der Waals surface area contributed by atoms with Gasteiger partial charge in [-0.05, 0) is 0 Å². The number of hydrogen-bond acceptors (Lipinski definition) is 1. The van der Waals surface area contributed by atoms with Gasteiger partial charge in [-0.25, -0.2) is 0 Å². The average Bonchev–Trinajstić information content (AvgIpc) is 1.88. The molecule has 0 N–H and O–H groups in total. The first-order valence-corrected chi connectivity index (χ1v) is 3.35. The molecule has 0 aliphatic heterocycles. The van der Waals surface area contributed by atoms with Crippen LogP contribution in [0.2, 0.25) is 0 Å². The van der Waals surface area contributed by atoms with Crippen LogP contribution in [0.3, 0.4) is 0 Å². The van der Waals surface area contributed by atoms with Gasteiger partial charge in [0.15, 0.2) is 0 Å². The Morgan fingerprint density at radius 2 is 1.92 bits per heavy atom. The van der Waals surface area contributed by atoms with E-state index in [1.54, 1.807) is 6.07 Å². The maximum absolute atomic E-state index is 4.09. The van der Waals surface area contributed by atoms with E-state index < -0.39 is 0 Å². The summed E-state index contributed by atoms with van der Waals surface area (Å²) in [4.78, 5) is 4.09. The molecule has 0 saturated carbocycles. The molecule has 0 aromatic carbocycles. The van der Waals surface area contributed by atoms with Gasteiger partial charge in [0.2, 0.25) is 0 Å². The van der Waals surface area contributed by atoms with Crippen LogP contribution in [0.15, 0.2) is 12.1 Å². The Bertz CT molecular complexity index is 206. The molecule has 1 heterocycles. The normalized spacial score (nSPS) is 9.58. The third-order valence-corrected chi connectivity index (χ3v) is 1.32. The van der Waals surface area contributed by atoms with E-state index in [0.29, 0.717) is 0 Å². The van der Waals surface area contributed by atoms with Crippen molar-refractivity contribution in [3.8, 4) is 0 Å². The fourth-order valence-corrected chi connectivity index (χ4v) is 0.676. The van der Waals surface area contributed by atoms with Gasteiger partial charge in [-0.3, -0.25) is 18.3 Å². The fraction of sp³-hybridized carbons (Fsp3) is 0.444. The molecule has 61 valence electrons. The average molecular weight is 405 g/mol. The molecule has 0 bridgehead atoms. The smallest absolute Gasteiger partial charge is 0.525 e. The van der Waals surface area contributed by atoms with Gasteiger partial charge in [0.25, 0.3) is 0 Å². The summed E-state index contributed by atoms with van der Waals surface area (Å²) >= 11 is 0. The Morgan fingerprint density at radius 1 is 1.33 bits per heavy atom. The molecular formula is C9H11NRbRe-. The first-order chi connectivity index (χ1) is 4.61. The Morgan fingerprint density at radius 3 is 2.17 bits per heavy atom. The molecule has 0 atom stereocenters. The van der Waals surface area contributed by atoms with E-state index in [4.69, 9.17) is 0 Å². The van der Waals surface area contributed by atoms with Crippen LogP contribution in [0.25, 0.3) is 0 Å². The van der Waals surface area contributed by atoms with Crippen LogP contribution >= 0.6 is 0 Å². The van der Waals surface area contributed by atoms with E-state index in [2.05, 4.69) is 38.0 Å². The van der Waals surface area contributed by atoms with Crippen molar-refractivity contribution in [1.29, 1.82) is 0 Å². The summed E-state index contributed by atoms with van der Waals surface area (Å²) < 4.78 is 0. The first-order valence-electron chi connectivity index (χ1n) is 3.35. The van der Waals surface area contributed by atoms with E-state index in [9.17, 15) is 0 Å². The van der Waals surface area contributed by atoms with Crippen molar-refractivity contribution < 1.29 is 78.6 Å². The van der Waals surface area contributed by atoms with Crippen LogP contribution in [0, 0.1) is 12.3 Å². The van der Waals surface area contributed by atoms with Crippen molar-refractivity contribution in [2.45, 2.75) is 26.2 Å². The van der Waals surface area contributed by atoms with Crippen molar-refractivity contribution >= 4 is 0 Å². The van der Waals surface area contributed by atoms with Gasteiger partial charge >= 0.3 is 58.2 Å². The van der Waals surface area contributed by atoms with Gasteiger partial charge in [-0.2, -0.15) is 5.69 Å². The second-order valence-electron chi connectivity index (χ2n) is 3.33. The summed E-state index contributed by atoms with van der Waals surface area (Å²) in [5.74, 6) is 0. The molecule has 0 aliphatic rings. The van der Waals surface area contributed by atoms with Crippen molar-refractivity contribution in [1.82, 2.24) is 4.98 Å².